The molecule has 3 nitrogen and oxygen atoms in total. The number of hydrogen-bond donors (Lipinski definition) is 1. The van der Waals surface area contributed by atoms with Gasteiger partial charge in [0, 0.05) is 12.1 Å². The van der Waals surface area contributed by atoms with Crippen molar-refractivity contribution in [3.63, 3.8) is 0 Å². The number of unbranched alkanes of at least 4 members (excludes halogenated alkanes) is 3. The molecule has 0 atom stereocenters. The third-order valence-corrected chi connectivity index (χ3v) is 3.87. The summed E-state index contributed by atoms with van der Waals surface area (Å²) >= 11 is 0. The lowest BCUT2D eigenvalue weighted by Gasteiger charge is -2.09. The monoisotopic (exact) mass is 285 g/mol. The van der Waals surface area contributed by atoms with Gasteiger partial charge in [-0.2, -0.15) is 0 Å². The quantitative estimate of drug-likeness (QED) is 0.716. The lowest BCUT2D eigenvalue weighted by molar-refractivity contribution is 0.642. The lowest BCUT2D eigenvalue weighted by atomic mass is 10.1. The molecule has 1 aromatic heterocycles. The van der Waals surface area contributed by atoms with Gasteiger partial charge in [0.2, 0.25) is 0 Å². The van der Waals surface area contributed by atoms with Crippen LogP contribution in [0.1, 0.15) is 51.6 Å². The van der Waals surface area contributed by atoms with Crippen molar-refractivity contribution in [2.45, 2.75) is 58.9 Å². The van der Waals surface area contributed by atoms with Gasteiger partial charge in [-0.05, 0) is 19.3 Å². The summed E-state index contributed by atoms with van der Waals surface area (Å²) in [7, 11) is 0. The van der Waals surface area contributed by atoms with Gasteiger partial charge in [0.15, 0.2) is 0 Å². The van der Waals surface area contributed by atoms with Crippen molar-refractivity contribution in [3.8, 4) is 11.4 Å². The van der Waals surface area contributed by atoms with E-state index in [9.17, 15) is 0 Å². The van der Waals surface area contributed by atoms with Crippen molar-refractivity contribution in [2.24, 2.45) is 0 Å². The van der Waals surface area contributed by atoms with Crippen LogP contribution in [-0.2, 0) is 13.0 Å². The number of rotatable bonds is 8. The third kappa shape index (κ3) is 3.87. The van der Waals surface area contributed by atoms with Gasteiger partial charge in [0.05, 0.1) is 5.69 Å². The number of aryl methyl sites for hydroxylation is 1. The zero-order valence-electron chi connectivity index (χ0n) is 13.3. The standard InChI is InChI=1S/C18H27N3/c1-3-5-8-13-16-17(19)21(14-6-4-2)18(20-16)15-11-9-7-10-12-15/h7,9-12H,3-6,8,13-14,19H2,1-2H3. The van der Waals surface area contributed by atoms with E-state index >= 15 is 0 Å². The Bertz CT molecular complexity index is 543. The second-order valence-electron chi connectivity index (χ2n) is 5.60. The minimum absolute atomic E-state index is 0.860. The van der Waals surface area contributed by atoms with Gasteiger partial charge >= 0.3 is 0 Å². The predicted octanol–water partition coefficient (Wildman–Crippen LogP) is 4.67. The van der Waals surface area contributed by atoms with E-state index in [1.807, 2.05) is 6.07 Å². The molecule has 0 spiro atoms. The average molecular weight is 285 g/mol. The molecule has 2 rings (SSSR count). The van der Waals surface area contributed by atoms with Crippen molar-refractivity contribution in [2.75, 3.05) is 5.73 Å². The van der Waals surface area contributed by atoms with E-state index in [0.29, 0.717) is 0 Å². The fraction of sp³-hybridized carbons (Fsp3) is 0.500. The summed E-state index contributed by atoms with van der Waals surface area (Å²) in [5.74, 6) is 1.88. The van der Waals surface area contributed by atoms with E-state index in [4.69, 9.17) is 10.7 Å². The molecule has 0 aliphatic heterocycles. The SMILES string of the molecule is CCCCCc1nc(-c2ccccc2)n(CCCC)c1N. The maximum atomic E-state index is 6.36. The van der Waals surface area contributed by atoms with E-state index in [1.54, 1.807) is 0 Å². The van der Waals surface area contributed by atoms with Gasteiger partial charge in [-0.1, -0.05) is 63.4 Å². The van der Waals surface area contributed by atoms with Crippen LogP contribution < -0.4 is 5.73 Å². The minimum atomic E-state index is 0.860. The van der Waals surface area contributed by atoms with E-state index < -0.39 is 0 Å². The zero-order chi connectivity index (χ0) is 15.1. The zero-order valence-corrected chi connectivity index (χ0v) is 13.3. The second-order valence-corrected chi connectivity index (χ2v) is 5.60. The van der Waals surface area contributed by atoms with E-state index in [0.717, 1.165) is 48.7 Å². The summed E-state index contributed by atoms with van der Waals surface area (Å²) in [5, 5.41) is 0. The summed E-state index contributed by atoms with van der Waals surface area (Å²) in [6.45, 7) is 5.38. The van der Waals surface area contributed by atoms with Gasteiger partial charge in [0.1, 0.15) is 11.6 Å². The summed E-state index contributed by atoms with van der Waals surface area (Å²) in [5.41, 5.74) is 8.59. The van der Waals surface area contributed by atoms with Crippen LogP contribution in [0.3, 0.4) is 0 Å². The highest BCUT2D eigenvalue weighted by Gasteiger charge is 2.15. The summed E-state index contributed by atoms with van der Waals surface area (Å²) in [6.07, 6.45) is 6.91. The molecule has 2 aromatic rings. The first kappa shape index (κ1) is 15.6. The van der Waals surface area contributed by atoms with E-state index in [-0.39, 0.29) is 0 Å². The van der Waals surface area contributed by atoms with Gasteiger partial charge in [-0.15, -0.1) is 0 Å². The summed E-state index contributed by atoms with van der Waals surface area (Å²) < 4.78 is 2.19. The molecule has 3 heteroatoms. The fourth-order valence-electron chi connectivity index (χ4n) is 2.59. The molecule has 0 unspecified atom stereocenters. The summed E-state index contributed by atoms with van der Waals surface area (Å²) in [4.78, 5) is 4.84. The highest BCUT2D eigenvalue weighted by molar-refractivity contribution is 5.60. The van der Waals surface area contributed by atoms with Crippen LogP contribution in [0.4, 0.5) is 5.82 Å². The molecule has 0 amide bonds. The molecule has 0 saturated carbocycles. The molecule has 0 aliphatic rings. The first-order valence-corrected chi connectivity index (χ1v) is 8.18. The Balaban J connectivity index is 2.30. The predicted molar refractivity (Wildman–Crippen MR) is 90.2 cm³/mol. The van der Waals surface area contributed by atoms with Crippen molar-refractivity contribution in [3.05, 3.63) is 36.0 Å². The number of nitrogens with two attached hydrogens (primary N) is 1. The Labute approximate surface area is 128 Å². The van der Waals surface area contributed by atoms with Gasteiger partial charge in [-0.3, -0.25) is 0 Å². The molecule has 0 bridgehead atoms. The van der Waals surface area contributed by atoms with Crippen LogP contribution >= 0.6 is 0 Å². The van der Waals surface area contributed by atoms with Crippen LogP contribution in [0.2, 0.25) is 0 Å². The molecule has 1 heterocycles. The third-order valence-electron chi connectivity index (χ3n) is 3.87. The molecular weight excluding hydrogens is 258 g/mol. The number of nitrogen functional groups attached to an aromatic ring is 1. The first-order chi connectivity index (χ1) is 10.3. The molecule has 1 aromatic carbocycles. The number of aromatic nitrogens is 2. The number of benzene rings is 1. The smallest absolute Gasteiger partial charge is 0.141 e. The number of anilines is 1. The highest BCUT2D eigenvalue weighted by Crippen LogP contribution is 2.26. The highest BCUT2D eigenvalue weighted by atomic mass is 15.1. The molecule has 114 valence electrons. The van der Waals surface area contributed by atoms with Crippen molar-refractivity contribution in [1.82, 2.24) is 9.55 Å². The van der Waals surface area contributed by atoms with Crippen LogP contribution in [-0.4, -0.2) is 9.55 Å². The Kier molecular flexibility index (Phi) is 5.85. The fourth-order valence-corrected chi connectivity index (χ4v) is 2.59. The Hall–Kier alpha value is -1.77. The number of hydrogen-bond acceptors (Lipinski definition) is 2. The Morgan fingerprint density at radius 1 is 1.00 bits per heavy atom. The number of imidazole rings is 1. The van der Waals surface area contributed by atoms with Crippen molar-refractivity contribution >= 4 is 5.82 Å². The molecule has 2 N–H and O–H groups in total. The van der Waals surface area contributed by atoms with Gasteiger partial charge in [0.25, 0.3) is 0 Å². The van der Waals surface area contributed by atoms with Crippen LogP contribution in [0.5, 0.6) is 0 Å². The van der Waals surface area contributed by atoms with Crippen molar-refractivity contribution in [1.29, 1.82) is 0 Å². The molecule has 0 saturated heterocycles. The molecule has 0 aliphatic carbocycles. The molecule has 21 heavy (non-hydrogen) atoms. The normalized spacial score (nSPS) is 11.0. The number of nitrogens with zero attached hydrogens (tertiary/aromatic N) is 2. The Morgan fingerprint density at radius 3 is 2.38 bits per heavy atom. The van der Waals surface area contributed by atoms with Crippen LogP contribution in [0.25, 0.3) is 11.4 Å². The van der Waals surface area contributed by atoms with Crippen LogP contribution in [0.15, 0.2) is 30.3 Å². The molecular formula is C18H27N3. The van der Waals surface area contributed by atoms with Crippen molar-refractivity contribution < 1.29 is 0 Å². The molecule has 0 fully saturated rings. The average Bonchev–Trinajstić information content (AvgIpc) is 2.83. The van der Waals surface area contributed by atoms with E-state index in [1.165, 1.54) is 19.3 Å². The maximum absolute atomic E-state index is 6.36. The first-order valence-electron chi connectivity index (χ1n) is 8.18. The van der Waals surface area contributed by atoms with Gasteiger partial charge in [-0.25, -0.2) is 4.98 Å². The largest absolute Gasteiger partial charge is 0.384 e. The summed E-state index contributed by atoms with van der Waals surface area (Å²) in [6, 6.07) is 10.4. The Morgan fingerprint density at radius 2 is 1.71 bits per heavy atom. The van der Waals surface area contributed by atoms with Gasteiger partial charge < -0.3 is 10.3 Å². The topological polar surface area (TPSA) is 43.8 Å². The maximum Gasteiger partial charge on any atom is 0.141 e. The minimum Gasteiger partial charge on any atom is -0.384 e. The lowest BCUT2D eigenvalue weighted by Crippen LogP contribution is -2.05. The van der Waals surface area contributed by atoms with Crippen LogP contribution in [0, 0.1) is 0 Å². The second kappa shape index (κ2) is 7.87. The van der Waals surface area contributed by atoms with E-state index in [2.05, 4.69) is 42.7 Å². The molecule has 0 radical (unpaired) electrons.